The number of nitrogen functional groups attached to an aromatic ring is 1. The number of nitrogens with zero attached hydrogens (tertiary/aromatic N) is 2. The maximum absolute atomic E-state index is 13.1. The predicted octanol–water partition coefficient (Wildman–Crippen LogP) is 3.83. The molecule has 1 aromatic heterocycles. The largest absolute Gasteiger partial charge is 0.368 e. The Morgan fingerprint density at radius 3 is 2.08 bits per heavy atom. The van der Waals surface area contributed by atoms with Crippen LogP contribution in [0.3, 0.4) is 0 Å². The fraction of sp³-hybridized carbons (Fsp3) is 0.0500. The van der Waals surface area contributed by atoms with Crippen molar-refractivity contribution < 1.29 is 8.42 Å². The highest BCUT2D eigenvalue weighted by Gasteiger charge is 2.22. The highest BCUT2D eigenvalue weighted by atomic mass is 32.2. The molecule has 1 heterocycles. The van der Waals surface area contributed by atoms with Crippen molar-refractivity contribution in [3.05, 3.63) is 78.4 Å². The third kappa shape index (κ3) is 2.64. The molecule has 3 aromatic carbocycles. The molecule has 0 radical (unpaired) electrons. The molecule has 6 heteroatoms. The van der Waals surface area contributed by atoms with E-state index in [0.717, 1.165) is 15.1 Å². The van der Waals surface area contributed by atoms with Gasteiger partial charge in [-0.3, -0.25) is 0 Å². The number of fused-ring (bicyclic) bond motifs is 1. The van der Waals surface area contributed by atoms with Gasteiger partial charge in [0.25, 0.3) is 10.0 Å². The lowest BCUT2D eigenvalue weighted by Crippen LogP contribution is -2.15. The topological polar surface area (TPSA) is 78.0 Å². The van der Waals surface area contributed by atoms with Gasteiger partial charge in [-0.05, 0) is 42.3 Å². The number of aryl methyl sites for hydroxylation is 1. The van der Waals surface area contributed by atoms with Crippen LogP contribution in [0.1, 0.15) is 5.56 Å². The Bertz CT molecular complexity index is 1190. The summed E-state index contributed by atoms with van der Waals surface area (Å²) < 4.78 is 27.2. The maximum atomic E-state index is 13.1. The van der Waals surface area contributed by atoms with Gasteiger partial charge in [0, 0.05) is 0 Å². The van der Waals surface area contributed by atoms with Gasteiger partial charge < -0.3 is 5.73 Å². The Balaban J connectivity index is 1.79. The van der Waals surface area contributed by atoms with Crippen LogP contribution in [0, 0.1) is 6.92 Å². The highest BCUT2D eigenvalue weighted by molar-refractivity contribution is 7.90. The normalized spacial score (nSPS) is 11.7. The minimum Gasteiger partial charge on any atom is -0.368 e. The number of nitrogens with two attached hydrogens (primary N) is 1. The molecule has 4 aromatic rings. The molecule has 0 aliphatic heterocycles. The number of hydrogen-bond acceptors (Lipinski definition) is 4. The molecule has 0 unspecified atom stereocenters. The third-order valence-corrected chi connectivity index (χ3v) is 6.05. The lowest BCUT2D eigenvalue weighted by molar-refractivity contribution is 0.589. The van der Waals surface area contributed by atoms with Crippen LogP contribution in [-0.2, 0) is 10.0 Å². The molecule has 0 atom stereocenters. The number of benzene rings is 3. The van der Waals surface area contributed by atoms with Gasteiger partial charge in [-0.1, -0.05) is 54.1 Å². The van der Waals surface area contributed by atoms with Crippen LogP contribution in [0.2, 0.25) is 0 Å². The van der Waals surface area contributed by atoms with Crippen molar-refractivity contribution >= 4 is 27.0 Å². The van der Waals surface area contributed by atoms with Gasteiger partial charge in [-0.2, -0.15) is 0 Å². The van der Waals surface area contributed by atoms with Crippen LogP contribution < -0.4 is 5.73 Å². The average molecular weight is 363 g/mol. The molecule has 0 amide bonds. The fourth-order valence-corrected chi connectivity index (χ4v) is 4.34. The molecule has 0 bridgehead atoms. The van der Waals surface area contributed by atoms with Crippen LogP contribution in [0.15, 0.2) is 77.7 Å². The molecule has 0 saturated carbocycles. The van der Waals surface area contributed by atoms with E-state index in [1.165, 1.54) is 5.56 Å². The van der Waals surface area contributed by atoms with Crippen molar-refractivity contribution in [3.8, 4) is 11.1 Å². The lowest BCUT2D eigenvalue weighted by atomic mass is 10.0. The summed E-state index contributed by atoms with van der Waals surface area (Å²) in [6, 6.07) is 21.8. The number of hydrogen-bond donors (Lipinski definition) is 1. The van der Waals surface area contributed by atoms with Crippen LogP contribution in [0.5, 0.6) is 0 Å². The second-order valence-corrected chi connectivity index (χ2v) is 7.91. The minimum absolute atomic E-state index is 0.0474. The zero-order chi connectivity index (χ0) is 18.3. The van der Waals surface area contributed by atoms with Crippen molar-refractivity contribution in [2.24, 2.45) is 0 Å². The molecule has 0 fully saturated rings. The number of rotatable bonds is 3. The van der Waals surface area contributed by atoms with Gasteiger partial charge >= 0.3 is 0 Å². The van der Waals surface area contributed by atoms with Gasteiger partial charge in [-0.15, -0.1) is 0 Å². The zero-order valence-corrected chi connectivity index (χ0v) is 14.9. The first-order valence-corrected chi connectivity index (χ1v) is 9.56. The Hall–Kier alpha value is -3.12. The van der Waals surface area contributed by atoms with Gasteiger partial charge in [0.15, 0.2) is 0 Å². The zero-order valence-electron chi connectivity index (χ0n) is 14.1. The van der Waals surface area contributed by atoms with Crippen LogP contribution in [-0.4, -0.2) is 17.4 Å². The average Bonchev–Trinajstić information content (AvgIpc) is 2.99. The molecule has 0 aliphatic rings. The van der Waals surface area contributed by atoms with E-state index in [-0.39, 0.29) is 10.8 Å². The molecule has 0 aliphatic carbocycles. The van der Waals surface area contributed by atoms with Gasteiger partial charge in [0.2, 0.25) is 5.95 Å². The number of aromatic nitrogens is 2. The maximum Gasteiger partial charge on any atom is 0.271 e. The SMILES string of the molecule is Cc1ccc(-c2ccc(S(=O)(=O)n3c(N)nc4ccccc43)cc2)cc1. The predicted molar refractivity (Wildman–Crippen MR) is 103 cm³/mol. The molecule has 26 heavy (non-hydrogen) atoms. The van der Waals surface area contributed by atoms with E-state index in [9.17, 15) is 8.42 Å². The van der Waals surface area contributed by atoms with E-state index >= 15 is 0 Å². The van der Waals surface area contributed by atoms with Gasteiger partial charge in [-0.25, -0.2) is 17.4 Å². The highest BCUT2D eigenvalue weighted by Crippen LogP contribution is 2.26. The summed E-state index contributed by atoms with van der Waals surface area (Å²) >= 11 is 0. The molecular formula is C20H17N3O2S. The van der Waals surface area contributed by atoms with E-state index in [2.05, 4.69) is 4.98 Å². The van der Waals surface area contributed by atoms with E-state index in [0.29, 0.717) is 11.0 Å². The quantitative estimate of drug-likeness (QED) is 0.600. The molecule has 130 valence electrons. The van der Waals surface area contributed by atoms with E-state index in [1.54, 1.807) is 48.5 Å². The fourth-order valence-electron chi connectivity index (χ4n) is 2.95. The summed E-state index contributed by atoms with van der Waals surface area (Å²) in [6.45, 7) is 2.03. The van der Waals surface area contributed by atoms with Crippen LogP contribution >= 0.6 is 0 Å². The summed E-state index contributed by atoms with van der Waals surface area (Å²) in [6.07, 6.45) is 0. The first-order chi connectivity index (χ1) is 12.5. The molecule has 4 rings (SSSR count). The van der Waals surface area contributed by atoms with Crippen molar-refractivity contribution in [1.29, 1.82) is 0 Å². The van der Waals surface area contributed by atoms with Crippen molar-refractivity contribution in [1.82, 2.24) is 8.96 Å². The summed E-state index contributed by atoms with van der Waals surface area (Å²) in [7, 11) is -3.83. The summed E-state index contributed by atoms with van der Waals surface area (Å²) in [5.74, 6) is -0.0474. The van der Waals surface area contributed by atoms with Crippen LogP contribution in [0.4, 0.5) is 5.95 Å². The Kier molecular flexibility index (Phi) is 3.77. The van der Waals surface area contributed by atoms with E-state index < -0.39 is 10.0 Å². The summed E-state index contributed by atoms with van der Waals surface area (Å²) in [4.78, 5) is 4.31. The molecule has 2 N–H and O–H groups in total. The third-order valence-electron chi connectivity index (χ3n) is 4.32. The van der Waals surface area contributed by atoms with Gasteiger partial charge in [0.1, 0.15) is 0 Å². The smallest absolute Gasteiger partial charge is 0.271 e. The van der Waals surface area contributed by atoms with Crippen molar-refractivity contribution in [2.75, 3.05) is 5.73 Å². The number of para-hydroxylation sites is 2. The first-order valence-electron chi connectivity index (χ1n) is 8.12. The summed E-state index contributed by atoms with van der Waals surface area (Å²) in [5.41, 5.74) is 10.1. The first kappa shape index (κ1) is 16.4. The van der Waals surface area contributed by atoms with Crippen molar-refractivity contribution in [2.45, 2.75) is 11.8 Å². The van der Waals surface area contributed by atoms with Crippen LogP contribution in [0.25, 0.3) is 22.2 Å². The van der Waals surface area contributed by atoms with Gasteiger partial charge in [0.05, 0.1) is 15.9 Å². The van der Waals surface area contributed by atoms with Crippen molar-refractivity contribution in [3.63, 3.8) is 0 Å². The minimum atomic E-state index is -3.83. The second kappa shape index (κ2) is 6.00. The van der Waals surface area contributed by atoms with E-state index in [1.807, 2.05) is 31.2 Å². The molecule has 0 spiro atoms. The van der Waals surface area contributed by atoms with E-state index in [4.69, 9.17) is 5.73 Å². The Labute approximate surface area is 151 Å². The number of anilines is 1. The molecule has 5 nitrogen and oxygen atoms in total. The number of imidazole rings is 1. The molecular weight excluding hydrogens is 346 g/mol. The monoisotopic (exact) mass is 363 g/mol. The molecule has 0 saturated heterocycles. The summed E-state index contributed by atoms with van der Waals surface area (Å²) in [5, 5.41) is 0. The lowest BCUT2D eigenvalue weighted by Gasteiger charge is -2.09. The standard InChI is InChI=1S/C20H17N3O2S/c1-14-6-8-15(9-7-14)16-10-12-17(13-11-16)26(24,25)23-19-5-3-2-4-18(19)22-20(23)21/h2-13H,1H3,(H2,21,22). The Morgan fingerprint density at radius 1 is 0.846 bits per heavy atom. The Morgan fingerprint density at radius 2 is 1.42 bits per heavy atom. The second-order valence-electron chi connectivity index (χ2n) is 6.12.